The molecule has 2 aliphatic carbocycles. The molecule has 1 aromatic rings. The lowest BCUT2D eigenvalue weighted by atomic mass is 9.86. The fourth-order valence-electron chi connectivity index (χ4n) is 3.96. The third kappa shape index (κ3) is 3.32. The maximum absolute atomic E-state index is 12.0. The highest BCUT2D eigenvalue weighted by Gasteiger charge is 2.40. The lowest BCUT2D eigenvalue weighted by molar-refractivity contribution is -0.120. The van der Waals surface area contributed by atoms with Crippen LogP contribution in [0.1, 0.15) is 38.2 Å². The second kappa shape index (κ2) is 6.51. The molecule has 3 rings (SSSR count). The second-order valence-corrected chi connectivity index (χ2v) is 6.59. The van der Waals surface area contributed by atoms with E-state index >= 15 is 0 Å². The fourth-order valence-corrected chi connectivity index (χ4v) is 3.96. The average molecular weight is 300 g/mol. The van der Waals surface area contributed by atoms with Gasteiger partial charge in [0, 0.05) is 11.6 Å². The van der Waals surface area contributed by atoms with E-state index in [1.807, 2.05) is 24.3 Å². The van der Waals surface area contributed by atoms with Crippen LogP contribution in [0.3, 0.4) is 0 Å². The predicted molar refractivity (Wildman–Crippen MR) is 86.9 cm³/mol. The van der Waals surface area contributed by atoms with Crippen LogP contribution in [-0.2, 0) is 11.2 Å². The van der Waals surface area contributed by atoms with Crippen LogP contribution in [0.5, 0.6) is 5.75 Å². The number of hydrogen-bond donors (Lipinski definition) is 1. The number of amides is 1. The van der Waals surface area contributed by atoms with Gasteiger partial charge in [0.2, 0.25) is 5.91 Å². The molecule has 2 saturated carbocycles. The van der Waals surface area contributed by atoms with E-state index in [2.05, 4.69) is 17.5 Å². The Bertz CT molecular complexity index is 565. The van der Waals surface area contributed by atoms with Crippen molar-refractivity contribution in [2.24, 2.45) is 22.9 Å². The first-order chi connectivity index (χ1) is 10.7. The number of rotatable bonds is 5. The van der Waals surface area contributed by atoms with E-state index in [4.69, 9.17) is 4.74 Å². The van der Waals surface area contributed by atoms with Crippen molar-refractivity contribution in [3.8, 4) is 5.75 Å². The summed E-state index contributed by atoms with van der Waals surface area (Å²) in [5, 5.41) is 4.35. The lowest BCUT2D eigenvalue weighted by Crippen LogP contribution is -2.25. The van der Waals surface area contributed by atoms with Crippen molar-refractivity contribution in [3.05, 3.63) is 29.8 Å². The monoisotopic (exact) mass is 300 g/mol. The summed E-state index contributed by atoms with van der Waals surface area (Å²) in [5.41, 5.74) is 4.77. The summed E-state index contributed by atoms with van der Waals surface area (Å²) >= 11 is 0. The summed E-state index contributed by atoms with van der Waals surface area (Å²) in [7, 11) is 1.63. The molecule has 0 spiro atoms. The quantitative estimate of drug-likeness (QED) is 0.671. The molecule has 22 heavy (non-hydrogen) atoms. The highest BCUT2D eigenvalue weighted by atomic mass is 16.5. The molecular weight excluding hydrogens is 276 g/mol. The first-order valence-electron chi connectivity index (χ1n) is 8.11. The molecule has 0 aliphatic heterocycles. The van der Waals surface area contributed by atoms with Gasteiger partial charge in [-0.3, -0.25) is 4.79 Å². The van der Waals surface area contributed by atoms with Gasteiger partial charge in [-0.05, 0) is 55.7 Å². The van der Waals surface area contributed by atoms with E-state index in [1.54, 1.807) is 7.11 Å². The van der Waals surface area contributed by atoms with Crippen molar-refractivity contribution < 1.29 is 9.53 Å². The van der Waals surface area contributed by atoms with Crippen molar-refractivity contribution in [1.29, 1.82) is 0 Å². The number of hydrogen-bond acceptors (Lipinski definition) is 3. The Kier molecular flexibility index (Phi) is 4.46. The summed E-state index contributed by atoms with van der Waals surface area (Å²) in [6.45, 7) is 2.05. The molecule has 4 heteroatoms. The van der Waals surface area contributed by atoms with Gasteiger partial charge in [0.25, 0.3) is 0 Å². The Hall–Kier alpha value is -1.84. The molecule has 0 saturated heterocycles. The number of nitrogens with one attached hydrogen (secondary N) is 1. The standard InChI is InChI=1S/C18H24N2O2/c1-12(17-10-14-3-6-15(17)9-14)19-20-18(21)11-13-4-7-16(22-2)8-5-13/h4-5,7-8,14-15,17H,3,6,9-11H2,1-2H3,(H,20,21). The number of nitrogens with zero attached hydrogens (tertiary/aromatic N) is 1. The highest BCUT2D eigenvalue weighted by molar-refractivity contribution is 5.87. The number of carbonyl (C=O) groups excluding carboxylic acids is 1. The number of ether oxygens (including phenoxy) is 1. The Labute approximate surface area is 131 Å². The molecule has 0 radical (unpaired) electrons. The molecule has 1 amide bonds. The number of methoxy groups -OCH3 is 1. The van der Waals surface area contributed by atoms with Crippen LogP contribution in [0, 0.1) is 17.8 Å². The molecule has 0 heterocycles. The zero-order chi connectivity index (χ0) is 15.5. The van der Waals surface area contributed by atoms with E-state index in [1.165, 1.54) is 25.7 Å². The minimum atomic E-state index is -0.0623. The molecule has 1 aromatic carbocycles. The third-order valence-electron chi connectivity index (χ3n) is 5.16. The number of benzene rings is 1. The first-order valence-corrected chi connectivity index (χ1v) is 8.11. The Morgan fingerprint density at radius 2 is 2.05 bits per heavy atom. The Balaban J connectivity index is 1.51. The van der Waals surface area contributed by atoms with Crippen molar-refractivity contribution in [2.75, 3.05) is 7.11 Å². The molecule has 2 aliphatic rings. The first kappa shape index (κ1) is 15.1. The fraction of sp³-hybridized carbons (Fsp3) is 0.556. The van der Waals surface area contributed by atoms with Crippen LogP contribution in [-0.4, -0.2) is 18.7 Å². The lowest BCUT2D eigenvalue weighted by Gasteiger charge is -2.21. The number of carbonyl (C=O) groups is 1. The average Bonchev–Trinajstić information content (AvgIpc) is 3.16. The van der Waals surface area contributed by atoms with Gasteiger partial charge in [-0.15, -0.1) is 0 Å². The molecule has 2 fully saturated rings. The van der Waals surface area contributed by atoms with Gasteiger partial charge in [-0.25, -0.2) is 5.43 Å². The molecule has 0 aromatic heterocycles. The topological polar surface area (TPSA) is 50.7 Å². The minimum Gasteiger partial charge on any atom is -0.497 e. The zero-order valence-corrected chi connectivity index (χ0v) is 13.3. The molecule has 4 nitrogen and oxygen atoms in total. The summed E-state index contributed by atoms with van der Waals surface area (Å²) in [4.78, 5) is 12.0. The molecular formula is C18H24N2O2. The van der Waals surface area contributed by atoms with Gasteiger partial charge in [0.1, 0.15) is 5.75 Å². The van der Waals surface area contributed by atoms with Gasteiger partial charge in [-0.1, -0.05) is 18.6 Å². The Morgan fingerprint density at radius 1 is 1.27 bits per heavy atom. The van der Waals surface area contributed by atoms with Gasteiger partial charge >= 0.3 is 0 Å². The highest BCUT2D eigenvalue weighted by Crippen LogP contribution is 2.48. The second-order valence-electron chi connectivity index (χ2n) is 6.59. The van der Waals surface area contributed by atoms with Crippen LogP contribution in [0.4, 0.5) is 0 Å². The van der Waals surface area contributed by atoms with Crippen molar-refractivity contribution in [2.45, 2.75) is 39.0 Å². The SMILES string of the molecule is COc1ccc(CC(=O)NN=C(C)C2CC3CCC2C3)cc1. The van der Waals surface area contributed by atoms with Crippen LogP contribution in [0.2, 0.25) is 0 Å². The summed E-state index contributed by atoms with van der Waals surface area (Å²) in [6, 6.07) is 7.55. The molecule has 1 N–H and O–H groups in total. The predicted octanol–water partition coefficient (Wildman–Crippen LogP) is 3.17. The molecule has 118 valence electrons. The van der Waals surface area contributed by atoms with Gasteiger partial charge in [-0.2, -0.15) is 5.10 Å². The van der Waals surface area contributed by atoms with Crippen LogP contribution < -0.4 is 10.2 Å². The minimum absolute atomic E-state index is 0.0623. The summed E-state index contributed by atoms with van der Waals surface area (Å²) in [6.07, 6.45) is 5.68. The van der Waals surface area contributed by atoms with Crippen molar-refractivity contribution in [1.82, 2.24) is 5.43 Å². The van der Waals surface area contributed by atoms with Gasteiger partial charge < -0.3 is 4.74 Å². The summed E-state index contributed by atoms with van der Waals surface area (Å²) < 4.78 is 5.11. The van der Waals surface area contributed by atoms with Crippen LogP contribution in [0.25, 0.3) is 0 Å². The van der Waals surface area contributed by atoms with Gasteiger partial charge in [0.05, 0.1) is 13.5 Å². The number of hydrazone groups is 1. The molecule has 2 bridgehead atoms. The maximum atomic E-state index is 12.0. The molecule has 3 atom stereocenters. The Morgan fingerprint density at radius 3 is 2.64 bits per heavy atom. The van der Waals surface area contributed by atoms with Gasteiger partial charge in [0.15, 0.2) is 0 Å². The maximum Gasteiger partial charge on any atom is 0.244 e. The largest absolute Gasteiger partial charge is 0.497 e. The van der Waals surface area contributed by atoms with E-state index in [-0.39, 0.29) is 5.91 Å². The van der Waals surface area contributed by atoms with Crippen LogP contribution in [0.15, 0.2) is 29.4 Å². The van der Waals surface area contributed by atoms with Crippen LogP contribution >= 0.6 is 0 Å². The van der Waals surface area contributed by atoms with E-state index in [0.717, 1.165) is 28.9 Å². The van der Waals surface area contributed by atoms with E-state index in [0.29, 0.717) is 12.3 Å². The smallest absolute Gasteiger partial charge is 0.244 e. The normalized spacial score (nSPS) is 27.0. The van der Waals surface area contributed by atoms with Crippen molar-refractivity contribution >= 4 is 11.6 Å². The third-order valence-corrected chi connectivity index (χ3v) is 5.16. The zero-order valence-electron chi connectivity index (χ0n) is 13.3. The van der Waals surface area contributed by atoms with E-state index in [9.17, 15) is 4.79 Å². The summed E-state index contributed by atoms with van der Waals surface area (Å²) in [5.74, 6) is 3.02. The number of fused-ring (bicyclic) bond motifs is 2. The van der Waals surface area contributed by atoms with E-state index < -0.39 is 0 Å². The molecule has 3 unspecified atom stereocenters. The van der Waals surface area contributed by atoms with Crippen molar-refractivity contribution in [3.63, 3.8) is 0 Å².